The lowest BCUT2D eigenvalue weighted by Gasteiger charge is -2.13. The van der Waals surface area contributed by atoms with E-state index in [0.29, 0.717) is 5.56 Å². The summed E-state index contributed by atoms with van der Waals surface area (Å²) in [5.74, 6) is 4.86. The van der Waals surface area contributed by atoms with Crippen molar-refractivity contribution >= 4 is 0 Å². The number of benzene rings is 1. The number of aliphatic hydroxyl groups is 1. The molecule has 0 saturated heterocycles. The Balaban J connectivity index is 2.89. The molecule has 1 rings (SSSR count). The number of hydrogen-bond acceptors (Lipinski definition) is 3. The number of nitrogens with two attached hydrogens (primary N) is 1. The Hall–Kier alpha value is -1.11. The quantitative estimate of drug-likeness (QED) is 0.762. The first-order valence-electron chi connectivity index (χ1n) is 4.12. The summed E-state index contributed by atoms with van der Waals surface area (Å²) in [6, 6.07) is 4.27. The number of halogens is 3. The lowest BCUT2D eigenvalue weighted by Crippen LogP contribution is -2.13. The van der Waals surface area contributed by atoms with Crippen molar-refractivity contribution in [3.05, 3.63) is 35.4 Å². The molecule has 0 aliphatic rings. The first-order chi connectivity index (χ1) is 6.99. The summed E-state index contributed by atoms with van der Waals surface area (Å²) >= 11 is 0. The van der Waals surface area contributed by atoms with E-state index in [0.717, 1.165) is 12.1 Å². The molecular weight excluding hydrogens is 211 g/mol. The second-order valence-corrected chi connectivity index (χ2v) is 2.93. The molecule has 0 aliphatic heterocycles. The van der Waals surface area contributed by atoms with E-state index in [-0.39, 0.29) is 6.61 Å². The van der Waals surface area contributed by atoms with Crippen LogP contribution in [0.4, 0.5) is 13.2 Å². The Bertz CT molecular complexity index is 306. The molecule has 6 heteroatoms. The van der Waals surface area contributed by atoms with E-state index < -0.39 is 17.8 Å². The van der Waals surface area contributed by atoms with Crippen molar-refractivity contribution in [3.63, 3.8) is 0 Å². The zero-order chi connectivity index (χ0) is 11.5. The molecule has 0 saturated carbocycles. The third-order valence-electron chi connectivity index (χ3n) is 1.94. The van der Waals surface area contributed by atoms with E-state index in [1.54, 1.807) is 0 Å². The molecule has 0 bridgehead atoms. The molecule has 0 fully saturated rings. The molecule has 3 N–H and O–H groups in total. The van der Waals surface area contributed by atoms with Crippen LogP contribution in [0.1, 0.15) is 17.2 Å². The first kappa shape index (κ1) is 12.0. The second kappa shape index (κ2) is 4.61. The predicted octanol–water partition coefficient (Wildman–Crippen LogP) is 1.63. The molecular formula is C9H10F3NO2. The zero-order valence-corrected chi connectivity index (χ0v) is 7.66. The molecule has 1 unspecified atom stereocenters. The number of alkyl halides is 3. The topological polar surface area (TPSA) is 55.5 Å². The third kappa shape index (κ3) is 2.92. The number of hydrogen-bond donors (Lipinski definition) is 2. The van der Waals surface area contributed by atoms with E-state index in [9.17, 15) is 13.2 Å². The smallest absolute Gasteiger partial charge is 0.393 e. The van der Waals surface area contributed by atoms with E-state index in [1.807, 2.05) is 0 Å². The van der Waals surface area contributed by atoms with Gasteiger partial charge in [-0.2, -0.15) is 13.2 Å². The summed E-state index contributed by atoms with van der Waals surface area (Å²) in [5, 5.41) is 8.78. The standard InChI is InChI=1S/C9H10F3NO2/c10-9(11,12)7-3-1-6(2-4-7)8(5-14)15-13/h1-4,8,14H,5,13H2. The highest BCUT2D eigenvalue weighted by molar-refractivity contribution is 5.26. The van der Waals surface area contributed by atoms with Crippen LogP contribution in [0.5, 0.6) is 0 Å². The molecule has 0 aliphatic carbocycles. The molecule has 0 radical (unpaired) electrons. The van der Waals surface area contributed by atoms with E-state index >= 15 is 0 Å². The highest BCUT2D eigenvalue weighted by Crippen LogP contribution is 2.30. The molecule has 1 aromatic rings. The van der Waals surface area contributed by atoms with Crippen molar-refractivity contribution in [1.29, 1.82) is 0 Å². The van der Waals surface area contributed by atoms with E-state index in [1.165, 1.54) is 12.1 Å². The SMILES string of the molecule is NOC(CO)c1ccc(C(F)(F)F)cc1. The Morgan fingerprint density at radius 2 is 1.80 bits per heavy atom. The van der Waals surface area contributed by atoms with Crippen LogP contribution in [0.15, 0.2) is 24.3 Å². The Labute approximate surface area is 84.2 Å². The first-order valence-corrected chi connectivity index (χ1v) is 4.12. The third-order valence-corrected chi connectivity index (χ3v) is 1.94. The maximum atomic E-state index is 12.2. The van der Waals surface area contributed by atoms with Crippen LogP contribution in [0.25, 0.3) is 0 Å². The second-order valence-electron chi connectivity index (χ2n) is 2.93. The summed E-state index contributed by atoms with van der Waals surface area (Å²) in [6.45, 7) is -0.387. The van der Waals surface area contributed by atoms with Crippen LogP contribution in [0.3, 0.4) is 0 Å². The Morgan fingerprint density at radius 1 is 1.27 bits per heavy atom. The predicted molar refractivity (Wildman–Crippen MR) is 46.5 cm³/mol. The summed E-state index contributed by atoms with van der Waals surface area (Å²) in [7, 11) is 0. The molecule has 15 heavy (non-hydrogen) atoms. The van der Waals surface area contributed by atoms with Gasteiger partial charge >= 0.3 is 6.18 Å². The van der Waals surface area contributed by atoms with Crippen molar-refractivity contribution in [1.82, 2.24) is 0 Å². The van der Waals surface area contributed by atoms with Crippen LogP contribution < -0.4 is 5.90 Å². The Morgan fingerprint density at radius 3 is 2.13 bits per heavy atom. The fourth-order valence-corrected chi connectivity index (χ4v) is 1.11. The van der Waals surface area contributed by atoms with Gasteiger partial charge in [-0.25, -0.2) is 5.90 Å². The monoisotopic (exact) mass is 221 g/mol. The molecule has 0 heterocycles. The summed E-state index contributed by atoms with van der Waals surface area (Å²) in [4.78, 5) is 4.38. The molecule has 3 nitrogen and oxygen atoms in total. The summed E-state index contributed by atoms with van der Waals surface area (Å²) < 4.78 is 36.5. The van der Waals surface area contributed by atoms with Crippen molar-refractivity contribution in [2.24, 2.45) is 5.90 Å². The fourth-order valence-electron chi connectivity index (χ4n) is 1.11. The van der Waals surface area contributed by atoms with Gasteiger partial charge in [0.2, 0.25) is 0 Å². The van der Waals surface area contributed by atoms with Crippen LogP contribution >= 0.6 is 0 Å². The van der Waals surface area contributed by atoms with Crippen molar-refractivity contribution in [2.75, 3.05) is 6.61 Å². The number of aliphatic hydroxyl groups excluding tert-OH is 1. The van der Waals surface area contributed by atoms with Crippen LogP contribution in [0, 0.1) is 0 Å². The van der Waals surface area contributed by atoms with E-state index in [4.69, 9.17) is 11.0 Å². The van der Waals surface area contributed by atoms with Gasteiger partial charge in [-0.1, -0.05) is 12.1 Å². The van der Waals surface area contributed by atoms with Crippen molar-refractivity contribution in [2.45, 2.75) is 12.3 Å². The van der Waals surface area contributed by atoms with Gasteiger partial charge in [0.1, 0.15) is 6.10 Å². The van der Waals surface area contributed by atoms with Gasteiger partial charge < -0.3 is 5.11 Å². The fraction of sp³-hybridized carbons (Fsp3) is 0.333. The Kier molecular flexibility index (Phi) is 3.67. The summed E-state index contributed by atoms with van der Waals surface area (Å²) in [5.41, 5.74) is -0.354. The van der Waals surface area contributed by atoms with Crippen LogP contribution in [0.2, 0.25) is 0 Å². The van der Waals surface area contributed by atoms with Crippen molar-refractivity contribution in [3.8, 4) is 0 Å². The van der Waals surface area contributed by atoms with Crippen LogP contribution in [-0.2, 0) is 11.0 Å². The van der Waals surface area contributed by atoms with Gasteiger partial charge in [0.05, 0.1) is 12.2 Å². The minimum atomic E-state index is -4.36. The van der Waals surface area contributed by atoms with Gasteiger partial charge in [0.15, 0.2) is 0 Å². The molecule has 0 spiro atoms. The molecule has 1 atom stereocenters. The lowest BCUT2D eigenvalue weighted by atomic mass is 10.1. The average Bonchev–Trinajstić information content (AvgIpc) is 2.19. The number of rotatable bonds is 3. The average molecular weight is 221 g/mol. The van der Waals surface area contributed by atoms with Gasteiger partial charge in [-0.05, 0) is 17.7 Å². The van der Waals surface area contributed by atoms with Gasteiger partial charge in [-0.15, -0.1) is 0 Å². The molecule has 84 valence electrons. The maximum absolute atomic E-state index is 12.2. The molecule has 0 amide bonds. The van der Waals surface area contributed by atoms with Crippen molar-refractivity contribution < 1.29 is 23.1 Å². The minimum Gasteiger partial charge on any atom is -0.393 e. The maximum Gasteiger partial charge on any atom is 0.416 e. The van der Waals surface area contributed by atoms with Gasteiger partial charge in [0.25, 0.3) is 0 Å². The normalized spacial score (nSPS) is 13.9. The summed E-state index contributed by atoms with van der Waals surface area (Å²) in [6.07, 6.45) is -5.16. The minimum absolute atomic E-state index is 0.387. The lowest BCUT2D eigenvalue weighted by molar-refractivity contribution is -0.137. The molecule has 1 aromatic carbocycles. The largest absolute Gasteiger partial charge is 0.416 e. The molecule has 0 aromatic heterocycles. The highest BCUT2D eigenvalue weighted by atomic mass is 19.4. The van der Waals surface area contributed by atoms with Gasteiger partial charge in [-0.3, -0.25) is 4.84 Å². The van der Waals surface area contributed by atoms with E-state index in [2.05, 4.69) is 4.84 Å². The van der Waals surface area contributed by atoms with Gasteiger partial charge in [0, 0.05) is 0 Å². The van der Waals surface area contributed by atoms with Crippen LogP contribution in [-0.4, -0.2) is 11.7 Å². The zero-order valence-electron chi connectivity index (χ0n) is 7.66. The highest BCUT2D eigenvalue weighted by Gasteiger charge is 2.30.